The van der Waals surface area contributed by atoms with E-state index in [2.05, 4.69) is 34.6 Å². The summed E-state index contributed by atoms with van der Waals surface area (Å²) in [6.45, 7) is 11.6. The van der Waals surface area contributed by atoms with Gasteiger partial charge in [-0.1, -0.05) is 13.8 Å². The summed E-state index contributed by atoms with van der Waals surface area (Å²) in [7, 11) is 0. The number of hydrogen-bond donors (Lipinski definition) is 1. The van der Waals surface area contributed by atoms with Gasteiger partial charge in [-0.15, -0.1) is 12.4 Å². The predicted octanol–water partition coefficient (Wildman–Crippen LogP) is 2.60. The molecule has 1 fully saturated rings. The van der Waals surface area contributed by atoms with E-state index in [1.807, 2.05) is 0 Å². The first-order valence-corrected chi connectivity index (χ1v) is 5.15. The molecular formula is C11H24ClNO. The molecular weight excluding hydrogens is 198 g/mol. The molecule has 0 bridgehead atoms. The highest BCUT2D eigenvalue weighted by molar-refractivity contribution is 5.85. The van der Waals surface area contributed by atoms with Gasteiger partial charge in [-0.05, 0) is 45.1 Å². The highest BCUT2D eigenvalue weighted by Gasteiger charge is 2.49. The molecule has 3 heteroatoms. The second kappa shape index (κ2) is 4.38. The van der Waals surface area contributed by atoms with Crippen molar-refractivity contribution in [3.63, 3.8) is 0 Å². The summed E-state index contributed by atoms with van der Waals surface area (Å²) in [4.78, 5) is 0. The predicted molar refractivity (Wildman–Crippen MR) is 62.8 cm³/mol. The van der Waals surface area contributed by atoms with E-state index in [9.17, 15) is 0 Å². The van der Waals surface area contributed by atoms with E-state index < -0.39 is 0 Å². The summed E-state index contributed by atoms with van der Waals surface area (Å²) < 4.78 is 5.97. The van der Waals surface area contributed by atoms with E-state index in [1.54, 1.807) is 0 Å². The van der Waals surface area contributed by atoms with Gasteiger partial charge in [-0.25, -0.2) is 0 Å². The van der Waals surface area contributed by atoms with E-state index >= 15 is 0 Å². The highest BCUT2D eigenvalue weighted by Crippen LogP contribution is 2.48. The van der Waals surface area contributed by atoms with Crippen molar-refractivity contribution in [1.82, 2.24) is 0 Å². The Morgan fingerprint density at radius 2 is 1.86 bits per heavy atom. The summed E-state index contributed by atoms with van der Waals surface area (Å²) in [5.74, 6) is 0.639. The molecule has 1 aliphatic rings. The van der Waals surface area contributed by atoms with Crippen LogP contribution in [0.15, 0.2) is 0 Å². The zero-order chi connectivity index (χ0) is 10.3. The molecule has 2 nitrogen and oxygen atoms in total. The number of halogens is 1. The van der Waals surface area contributed by atoms with E-state index in [0.717, 1.165) is 13.0 Å². The van der Waals surface area contributed by atoms with Crippen LogP contribution in [0.2, 0.25) is 0 Å². The van der Waals surface area contributed by atoms with Gasteiger partial charge in [0.2, 0.25) is 0 Å². The number of ether oxygens (including phenoxy) is 1. The van der Waals surface area contributed by atoms with Crippen molar-refractivity contribution < 1.29 is 4.74 Å². The largest absolute Gasteiger partial charge is 0.372 e. The zero-order valence-corrected chi connectivity index (χ0v) is 10.8. The van der Waals surface area contributed by atoms with Crippen LogP contribution in [0.5, 0.6) is 0 Å². The lowest BCUT2D eigenvalue weighted by Crippen LogP contribution is -2.55. The van der Waals surface area contributed by atoms with Crippen LogP contribution in [-0.2, 0) is 4.74 Å². The van der Waals surface area contributed by atoms with Gasteiger partial charge in [0.15, 0.2) is 0 Å². The Bertz CT molecular complexity index is 186. The molecule has 0 radical (unpaired) electrons. The van der Waals surface area contributed by atoms with Gasteiger partial charge >= 0.3 is 0 Å². The van der Waals surface area contributed by atoms with Gasteiger partial charge in [0.1, 0.15) is 0 Å². The number of hydrogen-bond acceptors (Lipinski definition) is 2. The maximum atomic E-state index is 5.97. The lowest BCUT2D eigenvalue weighted by atomic mass is 9.60. The molecule has 0 heterocycles. The minimum absolute atomic E-state index is 0. The molecule has 0 aromatic carbocycles. The van der Waals surface area contributed by atoms with Gasteiger partial charge in [-0.3, -0.25) is 0 Å². The maximum absolute atomic E-state index is 5.97. The fourth-order valence-corrected chi connectivity index (χ4v) is 2.00. The first-order chi connectivity index (χ1) is 5.77. The Balaban J connectivity index is 0.00000169. The third kappa shape index (κ3) is 2.85. The Morgan fingerprint density at radius 3 is 2.14 bits per heavy atom. The molecule has 0 saturated heterocycles. The average molecular weight is 222 g/mol. The standard InChI is InChI=1S/C11H23NO.ClH/c1-10(2,3)13-9-6-8(7-12)11(9,4)5;/h8-9H,6-7,12H2,1-5H3;1H. The van der Waals surface area contributed by atoms with Crippen LogP contribution in [0.1, 0.15) is 41.0 Å². The monoisotopic (exact) mass is 221 g/mol. The van der Waals surface area contributed by atoms with Gasteiger partial charge in [0.25, 0.3) is 0 Å². The molecule has 0 spiro atoms. The maximum Gasteiger partial charge on any atom is 0.0639 e. The minimum atomic E-state index is -0.0263. The molecule has 0 aromatic rings. The third-order valence-electron chi connectivity index (χ3n) is 3.16. The van der Waals surface area contributed by atoms with Crippen molar-refractivity contribution in [2.24, 2.45) is 17.1 Å². The summed E-state index contributed by atoms with van der Waals surface area (Å²) in [5, 5.41) is 0. The van der Waals surface area contributed by atoms with E-state index in [-0.39, 0.29) is 23.4 Å². The molecule has 0 aromatic heterocycles. The van der Waals surface area contributed by atoms with Crippen LogP contribution < -0.4 is 5.73 Å². The van der Waals surface area contributed by atoms with Gasteiger partial charge in [-0.2, -0.15) is 0 Å². The van der Waals surface area contributed by atoms with E-state index in [4.69, 9.17) is 10.5 Å². The second-order valence-electron chi connectivity index (χ2n) is 5.71. The molecule has 1 saturated carbocycles. The van der Waals surface area contributed by atoms with Crippen LogP contribution in [0.3, 0.4) is 0 Å². The summed E-state index contributed by atoms with van der Waals surface area (Å²) in [6, 6.07) is 0. The Kier molecular flexibility index (Phi) is 4.44. The molecule has 2 N–H and O–H groups in total. The van der Waals surface area contributed by atoms with Gasteiger partial charge < -0.3 is 10.5 Å². The zero-order valence-electron chi connectivity index (χ0n) is 9.96. The van der Waals surface area contributed by atoms with Crippen molar-refractivity contribution in [2.45, 2.75) is 52.7 Å². The molecule has 86 valence electrons. The van der Waals surface area contributed by atoms with E-state index in [0.29, 0.717) is 12.0 Å². The first-order valence-electron chi connectivity index (χ1n) is 5.15. The second-order valence-corrected chi connectivity index (χ2v) is 5.71. The van der Waals surface area contributed by atoms with Crippen LogP contribution in [-0.4, -0.2) is 18.2 Å². The fraction of sp³-hybridized carbons (Fsp3) is 1.00. The molecule has 2 atom stereocenters. The number of rotatable bonds is 2. The topological polar surface area (TPSA) is 35.2 Å². The lowest BCUT2D eigenvalue weighted by Gasteiger charge is -2.53. The van der Waals surface area contributed by atoms with Crippen molar-refractivity contribution in [3.8, 4) is 0 Å². The average Bonchev–Trinajstić information content (AvgIpc) is 1.95. The molecule has 1 rings (SSSR count). The van der Waals surface area contributed by atoms with E-state index in [1.165, 1.54) is 0 Å². The Hall–Kier alpha value is 0.210. The molecule has 14 heavy (non-hydrogen) atoms. The third-order valence-corrected chi connectivity index (χ3v) is 3.16. The summed E-state index contributed by atoms with van der Waals surface area (Å²) in [5.41, 5.74) is 5.92. The minimum Gasteiger partial charge on any atom is -0.372 e. The van der Waals surface area contributed by atoms with Crippen LogP contribution >= 0.6 is 12.4 Å². The first kappa shape index (κ1) is 14.2. The molecule has 2 unspecified atom stereocenters. The molecule has 0 aliphatic heterocycles. The van der Waals surface area contributed by atoms with Gasteiger partial charge in [0.05, 0.1) is 11.7 Å². The van der Waals surface area contributed by atoms with Crippen molar-refractivity contribution in [3.05, 3.63) is 0 Å². The SMILES string of the molecule is CC(C)(C)OC1CC(CN)C1(C)C.Cl. The Labute approximate surface area is 94.0 Å². The number of nitrogens with two attached hydrogens (primary N) is 1. The summed E-state index contributed by atoms with van der Waals surface area (Å²) in [6.07, 6.45) is 1.52. The van der Waals surface area contributed by atoms with Crippen molar-refractivity contribution >= 4 is 12.4 Å². The Morgan fingerprint density at radius 1 is 1.36 bits per heavy atom. The molecule has 0 amide bonds. The molecule has 1 aliphatic carbocycles. The van der Waals surface area contributed by atoms with Crippen LogP contribution in [0.4, 0.5) is 0 Å². The van der Waals surface area contributed by atoms with Crippen molar-refractivity contribution in [1.29, 1.82) is 0 Å². The van der Waals surface area contributed by atoms with Crippen LogP contribution in [0, 0.1) is 11.3 Å². The van der Waals surface area contributed by atoms with Crippen molar-refractivity contribution in [2.75, 3.05) is 6.54 Å². The highest BCUT2D eigenvalue weighted by atomic mass is 35.5. The smallest absolute Gasteiger partial charge is 0.0639 e. The lowest BCUT2D eigenvalue weighted by molar-refractivity contribution is -0.186. The quantitative estimate of drug-likeness (QED) is 0.778. The normalized spacial score (nSPS) is 30.4. The fourth-order valence-electron chi connectivity index (χ4n) is 2.00. The summed E-state index contributed by atoms with van der Waals surface area (Å²) >= 11 is 0. The van der Waals surface area contributed by atoms with Gasteiger partial charge in [0, 0.05) is 0 Å². The van der Waals surface area contributed by atoms with Crippen LogP contribution in [0.25, 0.3) is 0 Å².